The normalized spacial score (nSPS) is 8.69. The van der Waals surface area contributed by atoms with Crippen LogP contribution in [0.4, 0.5) is 10.1 Å². The number of carbonyl (C=O) groups is 1. The number of carboxylic acids is 1. The van der Waals surface area contributed by atoms with Gasteiger partial charge in [0.05, 0.1) is 5.56 Å². The quantitative estimate of drug-likeness (QED) is 0.458. The van der Waals surface area contributed by atoms with Gasteiger partial charge in [0, 0.05) is 11.6 Å². The fraction of sp³-hybridized carbons (Fsp3) is 0. The van der Waals surface area contributed by atoms with E-state index < -0.39 is 11.8 Å². The molecule has 3 nitrogen and oxygen atoms in total. The second kappa shape index (κ2) is 3.59. The van der Waals surface area contributed by atoms with Crippen LogP contribution in [0.3, 0.4) is 0 Å². The number of hydrogen-bond donors (Lipinski definition) is 2. The van der Waals surface area contributed by atoms with Gasteiger partial charge in [-0.3, -0.25) is 0 Å². The highest BCUT2D eigenvalue weighted by molar-refractivity contribution is 5.87. The van der Waals surface area contributed by atoms with Crippen molar-refractivity contribution in [2.45, 2.75) is 0 Å². The van der Waals surface area contributed by atoms with Crippen LogP contribution in [0.2, 0.25) is 0 Å². The molecule has 0 radical (unpaired) electrons. The summed E-state index contributed by atoms with van der Waals surface area (Å²) < 4.78 is 12.6. The van der Waals surface area contributed by atoms with Crippen LogP contribution >= 0.6 is 0 Å². The number of hydrogen-bond acceptors (Lipinski definition) is 2. The predicted molar refractivity (Wildman–Crippen MR) is 45.3 cm³/mol. The SMILES string of the molecule is Nc1ccc(F)cc1C#CC(=O)O. The van der Waals surface area contributed by atoms with Gasteiger partial charge in [-0.1, -0.05) is 5.92 Å². The zero-order valence-corrected chi connectivity index (χ0v) is 6.54. The lowest BCUT2D eigenvalue weighted by Gasteiger charge is -1.96. The van der Waals surface area contributed by atoms with Crippen LogP contribution < -0.4 is 5.73 Å². The van der Waals surface area contributed by atoms with Crippen molar-refractivity contribution < 1.29 is 14.3 Å². The van der Waals surface area contributed by atoms with Crippen molar-refractivity contribution in [3.05, 3.63) is 29.6 Å². The third-order valence-electron chi connectivity index (χ3n) is 1.32. The number of nitrogens with two attached hydrogens (primary N) is 1. The average Bonchev–Trinajstić information content (AvgIpc) is 2.06. The van der Waals surface area contributed by atoms with Gasteiger partial charge < -0.3 is 10.8 Å². The molecule has 0 aliphatic rings. The topological polar surface area (TPSA) is 63.3 Å². The fourth-order valence-corrected chi connectivity index (χ4v) is 0.758. The number of rotatable bonds is 0. The molecule has 0 saturated heterocycles. The highest BCUT2D eigenvalue weighted by atomic mass is 19.1. The van der Waals surface area contributed by atoms with Crippen LogP contribution in [0.5, 0.6) is 0 Å². The lowest BCUT2D eigenvalue weighted by molar-refractivity contribution is -0.130. The van der Waals surface area contributed by atoms with Crippen LogP contribution in [-0.2, 0) is 4.79 Å². The summed E-state index contributed by atoms with van der Waals surface area (Å²) in [5.41, 5.74) is 5.86. The number of nitrogen functional groups attached to an aromatic ring is 1. The van der Waals surface area contributed by atoms with E-state index >= 15 is 0 Å². The maximum atomic E-state index is 12.6. The smallest absolute Gasteiger partial charge is 0.382 e. The zero-order chi connectivity index (χ0) is 9.84. The van der Waals surface area contributed by atoms with Gasteiger partial charge in [0.15, 0.2) is 0 Å². The molecule has 0 aliphatic heterocycles. The number of aliphatic carboxylic acids is 1. The van der Waals surface area contributed by atoms with Crippen molar-refractivity contribution in [2.24, 2.45) is 0 Å². The number of benzene rings is 1. The van der Waals surface area contributed by atoms with E-state index in [9.17, 15) is 9.18 Å². The Labute approximate surface area is 74.0 Å². The summed E-state index contributed by atoms with van der Waals surface area (Å²) in [6, 6.07) is 3.60. The molecule has 0 atom stereocenters. The van der Waals surface area contributed by atoms with Gasteiger partial charge in [-0.05, 0) is 18.2 Å². The molecule has 1 aromatic rings. The molecule has 1 aromatic carbocycles. The van der Waals surface area contributed by atoms with Crippen molar-refractivity contribution >= 4 is 11.7 Å². The Morgan fingerprint density at radius 2 is 2.23 bits per heavy atom. The Morgan fingerprint density at radius 1 is 1.54 bits per heavy atom. The molecular weight excluding hydrogens is 173 g/mol. The zero-order valence-electron chi connectivity index (χ0n) is 6.54. The predicted octanol–water partition coefficient (Wildman–Crippen LogP) is 0.844. The molecule has 1 rings (SSSR count). The second-order valence-electron chi connectivity index (χ2n) is 2.29. The Hall–Kier alpha value is -2.02. The van der Waals surface area contributed by atoms with E-state index in [4.69, 9.17) is 10.8 Å². The number of halogens is 1. The summed E-state index contributed by atoms with van der Waals surface area (Å²) in [4.78, 5) is 10.1. The first-order valence-electron chi connectivity index (χ1n) is 3.39. The van der Waals surface area contributed by atoms with Gasteiger partial charge in [-0.2, -0.15) is 0 Å². The van der Waals surface area contributed by atoms with E-state index in [1.54, 1.807) is 0 Å². The molecule has 4 heteroatoms. The van der Waals surface area contributed by atoms with Crippen molar-refractivity contribution in [3.63, 3.8) is 0 Å². The molecule has 0 bridgehead atoms. The van der Waals surface area contributed by atoms with Gasteiger partial charge in [0.2, 0.25) is 0 Å². The van der Waals surface area contributed by atoms with E-state index in [0.29, 0.717) is 0 Å². The molecule has 0 aliphatic carbocycles. The molecule has 0 amide bonds. The number of anilines is 1. The first-order chi connectivity index (χ1) is 6.09. The minimum Gasteiger partial charge on any atom is -0.472 e. The Kier molecular flexibility index (Phi) is 2.50. The first kappa shape index (κ1) is 9.07. The van der Waals surface area contributed by atoms with Gasteiger partial charge in [-0.25, -0.2) is 9.18 Å². The number of carboxylic acid groups (broad SMARTS) is 1. The van der Waals surface area contributed by atoms with Crippen LogP contribution in [0, 0.1) is 17.7 Å². The molecule has 0 aromatic heterocycles. The summed E-state index contributed by atoms with van der Waals surface area (Å²) >= 11 is 0. The Morgan fingerprint density at radius 3 is 2.85 bits per heavy atom. The maximum absolute atomic E-state index is 12.6. The fourth-order valence-electron chi connectivity index (χ4n) is 0.758. The van der Waals surface area contributed by atoms with Gasteiger partial charge in [0.25, 0.3) is 0 Å². The van der Waals surface area contributed by atoms with Gasteiger partial charge in [0.1, 0.15) is 5.82 Å². The minimum absolute atomic E-state index is 0.183. The van der Waals surface area contributed by atoms with Crippen molar-refractivity contribution in [2.75, 3.05) is 5.73 Å². The third-order valence-corrected chi connectivity index (χ3v) is 1.32. The molecule has 3 N–H and O–H groups in total. The molecule has 0 fully saturated rings. The highest BCUT2D eigenvalue weighted by Gasteiger charge is 1.97. The summed E-state index contributed by atoms with van der Waals surface area (Å²) in [6.45, 7) is 0. The molecule has 0 spiro atoms. The molecule has 66 valence electrons. The summed E-state index contributed by atoms with van der Waals surface area (Å²) in [5.74, 6) is 2.32. The molecule has 13 heavy (non-hydrogen) atoms. The summed E-state index contributed by atoms with van der Waals surface area (Å²) in [7, 11) is 0. The van der Waals surface area contributed by atoms with E-state index in [0.717, 1.165) is 6.07 Å². The Bertz CT molecular complexity index is 404. The molecular formula is C9H6FNO2. The molecule has 0 saturated carbocycles. The maximum Gasteiger partial charge on any atom is 0.382 e. The Balaban J connectivity index is 3.09. The lowest BCUT2D eigenvalue weighted by Crippen LogP contribution is -1.92. The van der Waals surface area contributed by atoms with Crippen molar-refractivity contribution in [1.82, 2.24) is 0 Å². The van der Waals surface area contributed by atoms with Crippen LogP contribution in [0.25, 0.3) is 0 Å². The van der Waals surface area contributed by atoms with E-state index in [1.807, 2.05) is 5.92 Å². The van der Waals surface area contributed by atoms with E-state index in [-0.39, 0.29) is 11.3 Å². The van der Waals surface area contributed by atoms with Crippen molar-refractivity contribution in [3.8, 4) is 11.8 Å². The summed E-state index contributed by atoms with van der Waals surface area (Å²) in [6.07, 6.45) is 0. The lowest BCUT2D eigenvalue weighted by atomic mass is 10.2. The highest BCUT2D eigenvalue weighted by Crippen LogP contribution is 2.11. The van der Waals surface area contributed by atoms with Gasteiger partial charge >= 0.3 is 5.97 Å². The van der Waals surface area contributed by atoms with E-state index in [1.165, 1.54) is 12.1 Å². The largest absolute Gasteiger partial charge is 0.472 e. The third kappa shape index (κ3) is 2.49. The summed E-state index contributed by atoms with van der Waals surface area (Å²) in [5, 5.41) is 8.23. The molecule has 0 unspecified atom stereocenters. The first-order valence-corrected chi connectivity index (χ1v) is 3.39. The molecule has 0 heterocycles. The van der Waals surface area contributed by atoms with Crippen LogP contribution in [0.15, 0.2) is 18.2 Å². The monoisotopic (exact) mass is 179 g/mol. The van der Waals surface area contributed by atoms with Crippen LogP contribution in [-0.4, -0.2) is 11.1 Å². The minimum atomic E-state index is -1.27. The average molecular weight is 179 g/mol. The van der Waals surface area contributed by atoms with Gasteiger partial charge in [-0.15, -0.1) is 0 Å². The van der Waals surface area contributed by atoms with Crippen LogP contribution in [0.1, 0.15) is 5.56 Å². The van der Waals surface area contributed by atoms with Crippen molar-refractivity contribution in [1.29, 1.82) is 0 Å². The standard InChI is InChI=1S/C9H6FNO2/c10-7-2-3-8(11)6(5-7)1-4-9(12)13/h2-3,5H,11H2,(H,12,13). The second-order valence-corrected chi connectivity index (χ2v) is 2.29. The van der Waals surface area contributed by atoms with E-state index in [2.05, 4.69) is 5.92 Å².